The van der Waals surface area contributed by atoms with Crippen LogP contribution in [-0.4, -0.2) is 0 Å². The first-order chi connectivity index (χ1) is 6.49. The monoisotopic (exact) mass is 189 g/mol. The Balaban J connectivity index is 2.34. The van der Waals surface area contributed by atoms with E-state index in [0.29, 0.717) is 0 Å². The Kier molecular flexibility index (Phi) is 1.97. The second-order valence-electron chi connectivity index (χ2n) is 5.09. The average molecular weight is 189 g/mol. The van der Waals surface area contributed by atoms with Crippen LogP contribution in [0.5, 0.6) is 0 Å². The first kappa shape index (κ1) is 9.72. The molecule has 76 valence electrons. The van der Waals surface area contributed by atoms with E-state index in [2.05, 4.69) is 45.0 Å². The van der Waals surface area contributed by atoms with Gasteiger partial charge in [0.25, 0.3) is 0 Å². The van der Waals surface area contributed by atoms with Gasteiger partial charge in [-0.05, 0) is 29.4 Å². The van der Waals surface area contributed by atoms with Crippen LogP contribution in [0.4, 0.5) is 0 Å². The predicted molar refractivity (Wildman–Crippen MR) is 60.1 cm³/mol. The highest BCUT2D eigenvalue weighted by molar-refractivity contribution is 5.37. The molecule has 1 atom stereocenters. The van der Waals surface area contributed by atoms with Crippen LogP contribution in [-0.2, 0) is 12.0 Å². The van der Waals surface area contributed by atoms with Crippen LogP contribution < -0.4 is 5.73 Å². The number of benzene rings is 1. The van der Waals surface area contributed by atoms with Gasteiger partial charge in [-0.3, -0.25) is 0 Å². The van der Waals surface area contributed by atoms with Crippen LogP contribution in [0.1, 0.15) is 38.3 Å². The van der Waals surface area contributed by atoms with E-state index in [4.69, 9.17) is 5.73 Å². The normalized spacial score (nSPS) is 28.9. The zero-order chi connectivity index (χ0) is 10.4. The van der Waals surface area contributed by atoms with Gasteiger partial charge < -0.3 is 5.73 Å². The zero-order valence-electron chi connectivity index (χ0n) is 9.30. The number of rotatable bonds is 2. The van der Waals surface area contributed by atoms with Crippen LogP contribution in [0, 0.1) is 5.41 Å². The summed E-state index contributed by atoms with van der Waals surface area (Å²) in [5, 5.41) is 0. The van der Waals surface area contributed by atoms with Gasteiger partial charge in [-0.15, -0.1) is 0 Å². The van der Waals surface area contributed by atoms with Crippen molar-refractivity contribution < 1.29 is 0 Å². The fraction of sp³-hybridized carbons (Fsp3) is 0.538. The van der Waals surface area contributed by atoms with Crippen molar-refractivity contribution in [2.75, 3.05) is 0 Å². The molecule has 1 unspecified atom stereocenters. The number of hydrogen-bond acceptors (Lipinski definition) is 1. The lowest BCUT2D eigenvalue weighted by Gasteiger charge is -2.16. The molecule has 1 aromatic rings. The summed E-state index contributed by atoms with van der Waals surface area (Å²) in [5.74, 6) is 0. The first-order valence-electron chi connectivity index (χ1n) is 5.38. The Morgan fingerprint density at radius 3 is 2.50 bits per heavy atom. The third kappa shape index (κ3) is 1.27. The standard InChI is InChI=1S/C13H19N/c1-4-10-6-5-7-11(8-10)13(14)9-12(13,2)3/h5-8H,4,9,14H2,1-3H3. The average Bonchev–Trinajstić information content (AvgIpc) is 2.68. The molecule has 0 bridgehead atoms. The molecule has 0 saturated heterocycles. The van der Waals surface area contributed by atoms with E-state index in [9.17, 15) is 0 Å². The molecular weight excluding hydrogens is 170 g/mol. The van der Waals surface area contributed by atoms with E-state index in [1.54, 1.807) is 0 Å². The van der Waals surface area contributed by atoms with Gasteiger partial charge >= 0.3 is 0 Å². The molecule has 0 radical (unpaired) electrons. The highest BCUT2D eigenvalue weighted by Crippen LogP contribution is 2.60. The molecule has 0 amide bonds. The first-order valence-corrected chi connectivity index (χ1v) is 5.38. The highest BCUT2D eigenvalue weighted by atomic mass is 14.9. The van der Waals surface area contributed by atoms with Gasteiger partial charge in [-0.2, -0.15) is 0 Å². The molecule has 1 aliphatic rings. The maximum absolute atomic E-state index is 6.37. The lowest BCUT2D eigenvalue weighted by atomic mass is 9.95. The Morgan fingerprint density at radius 2 is 2.00 bits per heavy atom. The van der Waals surface area contributed by atoms with Crippen molar-refractivity contribution in [1.29, 1.82) is 0 Å². The van der Waals surface area contributed by atoms with Gasteiger partial charge in [0, 0.05) is 5.54 Å². The van der Waals surface area contributed by atoms with Crippen molar-refractivity contribution in [1.82, 2.24) is 0 Å². The lowest BCUT2D eigenvalue weighted by Crippen LogP contribution is -2.25. The van der Waals surface area contributed by atoms with Crippen LogP contribution in [0.15, 0.2) is 24.3 Å². The van der Waals surface area contributed by atoms with Crippen molar-refractivity contribution in [3.05, 3.63) is 35.4 Å². The minimum Gasteiger partial charge on any atom is -0.321 e. The number of aryl methyl sites for hydroxylation is 1. The summed E-state index contributed by atoms with van der Waals surface area (Å²) >= 11 is 0. The summed E-state index contributed by atoms with van der Waals surface area (Å²) in [6, 6.07) is 8.71. The fourth-order valence-corrected chi connectivity index (χ4v) is 2.21. The van der Waals surface area contributed by atoms with E-state index in [1.165, 1.54) is 11.1 Å². The molecule has 0 heterocycles. The van der Waals surface area contributed by atoms with Crippen LogP contribution in [0.25, 0.3) is 0 Å². The molecule has 0 spiro atoms. The molecule has 1 nitrogen and oxygen atoms in total. The van der Waals surface area contributed by atoms with Gasteiger partial charge in [0.1, 0.15) is 0 Å². The molecule has 0 aliphatic heterocycles. The van der Waals surface area contributed by atoms with E-state index < -0.39 is 0 Å². The topological polar surface area (TPSA) is 26.0 Å². The quantitative estimate of drug-likeness (QED) is 0.760. The maximum Gasteiger partial charge on any atom is 0.0468 e. The van der Waals surface area contributed by atoms with Gasteiger partial charge in [0.2, 0.25) is 0 Å². The van der Waals surface area contributed by atoms with Crippen LogP contribution in [0.3, 0.4) is 0 Å². The lowest BCUT2D eigenvalue weighted by molar-refractivity contribution is 0.510. The minimum atomic E-state index is -0.0712. The second-order valence-corrected chi connectivity index (χ2v) is 5.09. The van der Waals surface area contributed by atoms with Crippen molar-refractivity contribution >= 4 is 0 Å². The molecule has 0 aromatic heterocycles. The van der Waals surface area contributed by atoms with Crippen molar-refractivity contribution in [3.8, 4) is 0 Å². The summed E-state index contributed by atoms with van der Waals surface area (Å²) in [7, 11) is 0. The Bertz CT molecular complexity index is 354. The molecule has 2 rings (SSSR count). The Morgan fingerprint density at radius 1 is 1.36 bits per heavy atom. The van der Waals surface area contributed by atoms with Crippen LogP contribution in [0.2, 0.25) is 0 Å². The predicted octanol–water partition coefficient (Wildman–Crippen LogP) is 2.83. The van der Waals surface area contributed by atoms with Crippen molar-refractivity contribution in [2.45, 2.75) is 39.2 Å². The van der Waals surface area contributed by atoms with E-state index in [-0.39, 0.29) is 11.0 Å². The maximum atomic E-state index is 6.37. The molecule has 14 heavy (non-hydrogen) atoms. The Labute approximate surface area is 86.3 Å². The van der Waals surface area contributed by atoms with E-state index in [0.717, 1.165) is 12.8 Å². The third-order valence-corrected chi connectivity index (χ3v) is 3.65. The third-order valence-electron chi connectivity index (χ3n) is 3.65. The minimum absolute atomic E-state index is 0.0712. The summed E-state index contributed by atoms with van der Waals surface area (Å²) < 4.78 is 0. The molecule has 1 aliphatic carbocycles. The summed E-state index contributed by atoms with van der Waals surface area (Å²) in [6.45, 7) is 6.66. The summed E-state index contributed by atoms with van der Waals surface area (Å²) in [5.41, 5.74) is 9.27. The zero-order valence-corrected chi connectivity index (χ0v) is 9.30. The SMILES string of the molecule is CCc1cccc(C2(N)CC2(C)C)c1. The van der Waals surface area contributed by atoms with Gasteiger partial charge in [0.05, 0.1) is 0 Å². The number of hydrogen-bond donors (Lipinski definition) is 1. The van der Waals surface area contributed by atoms with Crippen molar-refractivity contribution in [2.24, 2.45) is 11.1 Å². The smallest absolute Gasteiger partial charge is 0.0468 e. The van der Waals surface area contributed by atoms with Crippen LogP contribution >= 0.6 is 0 Å². The van der Waals surface area contributed by atoms with Gasteiger partial charge in [-0.1, -0.05) is 45.0 Å². The van der Waals surface area contributed by atoms with E-state index >= 15 is 0 Å². The molecule has 1 aromatic carbocycles. The molecule has 1 fully saturated rings. The second kappa shape index (κ2) is 2.83. The molecular formula is C13H19N. The Hall–Kier alpha value is -0.820. The summed E-state index contributed by atoms with van der Waals surface area (Å²) in [4.78, 5) is 0. The van der Waals surface area contributed by atoms with Crippen molar-refractivity contribution in [3.63, 3.8) is 0 Å². The fourth-order valence-electron chi connectivity index (χ4n) is 2.21. The molecule has 2 N–H and O–H groups in total. The number of nitrogens with two attached hydrogens (primary N) is 1. The molecule has 1 heteroatoms. The van der Waals surface area contributed by atoms with E-state index in [1.807, 2.05) is 0 Å². The largest absolute Gasteiger partial charge is 0.321 e. The van der Waals surface area contributed by atoms with Gasteiger partial charge in [-0.25, -0.2) is 0 Å². The molecule has 1 saturated carbocycles. The highest BCUT2D eigenvalue weighted by Gasteiger charge is 2.59. The summed E-state index contributed by atoms with van der Waals surface area (Å²) in [6.07, 6.45) is 2.19. The van der Waals surface area contributed by atoms with Gasteiger partial charge in [0.15, 0.2) is 0 Å².